The lowest BCUT2D eigenvalue weighted by Gasteiger charge is -2.06. The van der Waals surface area contributed by atoms with Crippen LogP contribution in [0.2, 0.25) is 0 Å². The predicted molar refractivity (Wildman–Crippen MR) is 110 cm³/mol. The minimum atomic E-state index is 0.407. The number of benzene rings is 2. The van der Waals surface area contributed by atoms with Gasteiger partial charge in [-0.1, -0.05) is 35.9 Å². The highest BCUT2D eigenvalue weighted by molar-refractivity contribution is 7.98. The van der Waals surface area contributed by atoms with E-state index in [9.17, 15) is 0 Å². The smallest absolute Gasteiger partial charge is 0.139 e. The zero-order chi connectivity index (χ0) is 17.6. The van der Waals surface area contributed by atoms with Crippen LogP contribution in [0.1, 0.15) is 5.56 Å². The van der Waals surface area contributed by atoms with E-state index in [1.165, 1.54) is 0 Å². The lowest BCUT2D eigenvalue weighted by atomic mass is 10.1. The standard InChI is InChI=1S/C19H12Cl2N2S2/c1-3-10-6-14-12(8-16(10)24-2)18(20)23-15-7-11-4-5-25-17(11)9-13(15)19(21)22-14/h3-9H,1H2,2H3/b18-12-,19-13-,22-14-,22-19?,23-15-,23-18?. The molecule has 2 heterocycles. The molecule has 0 N–H and O–H groups in total. The van der Waals surface area contributed by atoms with Crippen molar-refractivity contribution in [1.29, 1.82) is 0 Å². The Kier molecular flexibility index (Phi) is 4.46. The van der Waals surface area contributed by atoms with Gasteiger partial charge in [-0.2, -0.15) is 0 Å². The highest BCUT2D eigenvalue weighted by atomic mass is 35.5. The Morgan fingerprint density at radius 2 is 1.72 bits per heavy atom. The summed E-state index contributed by atoms with van der Waals surface area (Å²) in [5.41, 5.74) is 0.999. The van der Waals surface area contributed by atoms with E-state index < -0.39 is 0 Å². The molecule has 6 heteroatoms. The quantitative estimate of drug-likeness (QED) is 0.472. The molecule has 0 saturated heterocycles. The van der Waals surface area contributed by atoms with Crippen LogP contribution in [0.4, 0.5) is 0 Å². The summed E-state index contributed by atoms with van der Waals surface area (Å²) in [5.74, 6) is 0. The molecule has 0 saturated carbocycles. The van der Waals surface area contributed by atoms with Gasteiger partial charge in [0.25, 0.3) is 0 Å². The second-order valence-corrected chi connectivity index (χ2v) is 7.96. The molecule has 0 aliphatic carbocycles. The third kappa shape index (κ3) is 2.93. The van der Waals surface area contributed by atoms with Gasteiger partial charge in [0.05, 0.1) is 10.7 Å². The van der Waals surface area contributed by atoms with E-state index in [2.05, 4.69) is 22.6 Å². The van der Waals surface area contributed by atoms with Gasteiger partial charge in [0.1, 0.15) is 10.3 Å². The molecule has 1 aliphatic heterocycles. The molecule has 0 unspecified atom stereocenters. The molecule has 2 nitrogen and oxygen atoms in total. The molecule has 1 aromatic heterocycles. The topological polar surface area (TPSA) is 24.7 Å². The van der Waals surface area contributed by atoms with Crippen molar-refractivity contribution < 1.29 is 0 Å². The van der Waals surface area contributed by atoms with Gasteiger partial charge >= 0.3 is 0 Å². The molecule has 3 aromatic rings. The van der Waals surface area contributed by atoms with E-state index in [0.29, 0.717) is 15.7 Å². The zero-order valence-electron chi connectivity index (χ0n) is 13.2. The maximum absolute atomic E-state index is 6.55. The second kappa shape index (κ2) is 6.61. The predicted octanol–water partition coefficient (Wildman–Crippen LogP) is 3.83. The highest BCUT2D eigenvalue weighted by Gasteiger charge is 2.08. The van der Waals surface area contributed by atoms with Crippen LogP contribution in [0.3, 0.4) is 0 Å². The van der Waals surface area contributed by atoms with Crippen molar-refractivity contribution in [2.75, 3.05) is 6.26 Å². The fraction of sp³-hybridized carbons (Fsp3) is 0.0526. The largest absolute Gasteiger partial charge is 0.235 e. The molecule has 4 rings (SSSR count). The molecule has 124 valence electrons. The van der Waals surface area contributed by atoms with E-state index in [-0.39, 0.29) is 0 Å². The van der Waals surface area contributed by atoms with Crippen LogP contribution in [-0.2, 0) is 0 Å². The minimum absolute atomic E-state index is 0.407. The van der Waals surface area contributed by atoms with Crippen molar-refractivity contribution in [2.24, 2.45) is 9.98 Å². The van der Waals surface area contributed by atoms with Crippen LogP contribution in [-0.4, -0.2) is 6.26 Å². The molecule has 0 fully saturated rings. The van der Waals surface area contributed by atoms with Crippen molar-refractivity contribution >= 4 is 72.8 Å². The van der Waals surface area contributed by atoms with Crippen LogP contribution in [0, 0.1) is 0 Å². The summed E-state index contributed by atoms with van der Waals surface area (Å²) in [5, 5.41) is 6.96. The van der Waals surface area contributed by atoms with E-state index in [4.69, 9.17) is 23.2 Å². The molecule has 1 aliphatic rings. The molecule has 2 aromatic carbocycles. The van der Waals surface area contributed by atoms with Gasteiger partial charge in [-0.3, -0.25) is 0 Å². The van der Waals surface area contributed by atoms with Crippen molar-refractivity contribution in [1.82, 2.24) is 0 Å². The Bertz CT molecular complexity index is 1270. The normalized spacial score (nSPS) is 20.4. The fourth-order valence-electron chi connectivity index (χ4n) is 2.77. The van der Waals surface area contributed by atoms with Gasteiger partial charge in [0.2, 0.25) is 0 Å². The number of thiophene rings is 1. The Balaban J connectivity index is 2.19. The average molecular weight is 403 g/mol. The van der Waals surface area contributed by atoms with Gasteiger partial charge in [0.15, 0.2) is 0 Å². The number of fused-ring (bicyclic) bond motifs is 3. The Labute approximate surface area is 162 Å². The summed E-state index contributed by atoms with van der Waals surface area (Å²) < 4.78 is 1.14. The Hall–Kier alpha value is -1.59. The number of halogens is 2. The van der Waals surface area contributed by atoms with Crippen LogP contribution in [0.15, 0.2) is 57.2 Å². The first-order valence-corrected chi connectivity index (χ1v) is 10.3. The third-order valence-electron chi connectivity index (χ3n) is 4.02. The first-order valence-electron chi connectivity index (χ1n) is 7.45. The van der Waals surface area contributed by atoms with Crippen molar-refractivity contribution in [3.05, 3.63) is 69.0 Å². The van der Waals surface area contributed by atoms with Crippen LogP contribution < -0.4 is 21.2 Å². The summed E-state index contributed by atoms with van der Waals surface area (Å²) in [4.78, 5) is 10.3. The summed E-state index contributed by atoms with van der Waals surface area (Å²) in [6.07, 6.45) is 3.82. The number of rotatable bonds is 2. The SMILES string of the molecule is C=Cc1cc2/c(cc1SC)=C(Cl)\N=c1\cc3ccsc3c\c1=C(Cl)\N=2. The maximum atomic E-state index is 6.55. The van der Waals surface area contributed by atoms with Gasteiger partial charge in [-0.25, -0.2) is 9.98 Å². The fourth-order valence-corrected chi connectivity index (χ4v) is 4.67. The molecule has 0 bridgehead atoms. The number of hydrogen-bond donors (Lipinski definition) is 0. The first kappa shape index (κ1) is 16.9. The number of nitrogens with zero attached hydrogens (tertiary/aromatic N) is 2. The third-order valence-corrected chi connectivity index (χ3v) is 6.27. The minimum Gasteiger partial charge on any atom is -0.235 e. The van der Waals surface area contributed by atoms with Crippen molar-refractivity contribution in [3.63, 3.8) is 0 Å². The van der Waals surface area contributed by atoms with Crippen LogP contribution >= 0.6 is 46.3 Å². The summed E-state index contributed by atoms with van der Waals surface area (Å²) in [6, 6.07) is 10.0. The molecular weight excluding hydrogens is 391 g/mol. The van der Waals surface area contributed by atoms with E-state index >= 15 is 0 Å². The summed E-state index contributed by atoms with van der Waals surface area (Å²) >= 11 is 16.4. The van der Waals surface area contributed by atoms with Crippen molar-refractivity contribution in [2.45, 2.75) is 4.90 Å². The van der Waals surface area contributed by atoms with Gasteiger partial charge in [-0.05, 0) is 52.9 Å². The number of hydrogen-bond acceptors (Lipinski definition) is 4. The summed E-state index contributed by atoms with van der Waals surface area (Å²) in [6.45, 7) is 3.88. The monoisotopic (exact) mass is 402 g/mol. The lowest BCUT2D eigenvalue weighted by molar-refractivity contribution is 1.22. The maximum Gasteiger partial charge on any atom is 0.139 e. The van der Waals surface area contributed by atoms with Crippen LogP contribution in [0.5, 0.6) is 0 Å². The van der Waals surface area contributed by atoms with E-state index in [1.54, 1.807) is 23.1 Å². The van der Waals surface area contributed by atoms with Gasteiger partial charge in [0, 0.05) is 20.0 Å². The molecule has 0 atom stereocenters. The molecule has 0 spiro atoms. The van der Waals surface area contributed by atoms with Gasteiger partial charge in [-0.15, -0.1) is 23.1 Å². The van der Waals surface area contributed by atoms with Crippen molar-refractivity contribution in [3.8, 4) is 0 Å². The van der Waals surface area contributed by atoms with E-state index in [1.807, 2.05) is 42.0 Å². The summed E-state index contributed by atoms with van der Waals surface area (Å²) in [7, 11) is 0. The zero-order valence-corrected chi connectivity index (χ0v) is 16.4. The average Bonchev–Trinajstić information content (AvgIpc) is 3.06. The molecule has 0 amide bonds. The highest BCUT2D eigenvalue weighted by Crippen LogP contribution is 2.20. The molecule has 25 heavy (non-hydrogen) atoms. The molecular formula is C19H12Cl2N2S2. The lowest BCUT2D eigenvalue weighted by Crippen LogP contribution is -2.33. The first-order chi connectivity index (χ1) is 12.1. The van der Waals surface area contributed by atoms with Gasteiger partial charge < -0.3 is 0 Å². The molecule has 0 radical (unpaired) electrons. The second-order valence-electron chi connectivity index (χ2n) is 5.45. The van der Waals surface area contributed by atoms with E-state index in [0.717, 1.165) is 36.3 Å². The van der Waals surface area contributed by atoms with Crippen LogP contribution in [0.25, 0.3) is 26.5 Å². The number of thioether (sulfide) groups is 1. The Morgan fingerprint density at radius 1 is 1.04 bits per heavy atom. The Morgan fingerprint density at radius 3 is 2.40 bits per heavy atom.